The third kappa shape index (κ3) is 3.46. The Kier molecular flexibility index (Phi) is 4.94. The van der Waals surface area contributed by atoms with Crippen LogP contribution in [0.5, 0.6) is 0 Å². The lowest BCUT2D eigenvalue weighted by Gasteiger charge is -2.24. The Bertz CT molecular complexity index is 515. The Balaban J connectivity index is 1.92. The van der Waals surface area contributed by atoms with E-state index < -0.39 is 11.5 Å². The molecule has 6 heteroatoms. The van der Waals surface area contributed by atoms with Gasteiger partial charge in [0.25, 0.3) is 0 Å². The van der Waals surface area contributed by atoms with Gasteiger partial charge >= 0.3 is 5.97 Å². The number of halogens is 1. The molecule has 0 saturated carbocycles. The molecule has 1 heterocycles. The zero-order chi connectivity index (χ0) is 14.6. The molecule has 0 aliphatic carbocycles. The molecule has 2 N–H and O–H groups in total. The summed E-state index contributed by atoms with van der Waals surface area (Å²) in [4.78, 5) is 23.3. The van der Waals surface area contributed by atoms with Crippen LogP contribution >= 0.6 is 23.4 Å². The number of aliphatic carboxylic acids is 1. The SMILES string of the molecule is O=C(CCc1ccccc1Cl)NC1(C(=O)O)CCSC1. The molecule has 1 aromatic rings. The normalized spacial score (nSPS) is 21.6. The van der Waals surface area contributed by atoms with Crippen molar-refractivity contribution in [3.63, 3.8) is 0 Å². The maximum absolute atomic E-state index is 12.0. The number of amides is 1. The summed E-state index contributed by atoms with van der Waals surface area (Å²) < 4.78 is 0. The van der Waals surface area contributed by atoms with Gasteiger partial charge in [0.15, 0.2) is 0 Å². The van der Waals surface area contributed by atoms with Crippen molar-refractivity contribution in [3.05, 3.63) is 34.9 Å². The molecular weight excluding hydrogens is 298 g/mol. The third-order valence-electron chi connectivity index (χ3n) is 3.39. The summed E-state index contributed by atoms with van der Waals surface area (Å²) in [5.74, 6) is 0.000442. The number of carboxylic acids is 1. The van der Waals surface area contributed by atoms with E-state index in [-0.39, 0.29) is 12.3 Å². The number of hydrogen-bond acceptors (Lipinski definition) is 3. The predicted octanol–water partition coefficient (Wildman–Crippen LogP) is 2.35. The van der Waals surface area contributed by atoms with Crippen molar-refractivity contribution in [2.24, 2.45) is 0 Å². The first kappa shape index (κ1) is 15.2. The van der Waals surface area contributed by atoms with Gasteiger partial charge in [-0.25, -0.2) is 4.79 Å². The molecule has 1 atom stereocenters. The van der Waals surface area contributed by atoms with E-state index in [0.717, 1.165) is 11.3 Å². The van der Waals surface area contributed by atoms with Crippen molar-refractivity contribution >= 4 is 35.2 Å². The summed E-state index contributed by atoms with van der Waals surface area (Å²) in [6.07, 6.45) is 1.22. The number of carboxylic acid groups (broad SMARTS) is 1. The van der Waals surface area contributed by atoms with Gasteiger partial charge in [-0.3, -0.25) is 4.79 Å². The minimum atomic E-state index is -1.10. The van der Waals surface area contributed by atoms with Crippen LogP contribution in [-0.4, -0.2) is 34.0 Å². The molecule has 1 fully saturated rings. The van der Waals surface area contributed by atoms with Gasteiger partial charge in [-0.1, -0.05) is 29.8 Å². The number of hydrogen-bond donors (Lipinski definition) is 2. The van der Waals surface area contributed by atoms with E-state index in [1.807, 2.05) is 18.2 Å². The zero-order valence-corrected chi connectivity index (χ0v) is 12.5. The van der Waals surface area contributed by atoms with Gasteiger partial charge in [-0.05, 0) is 30.2 Å². The number of nitrogens with one attached hydrogen (secondary N) is 1. The van der Waals surface area contributed by atoms with E-state index in [9.17, 15) is 14.7 Å². The number of thioether (sulfide) groups is 1. The molecule has 108 valence electrons. The fraction of sp³-hybridized carbons (Fsp3) is 0.429. The highest BCUT2D eigenvalue weighted by molar-refractivity contribution is 7.99. The van der Waals surface area contributed by atoms with Gasteiger partial charge in [0, 0.05) is 17.2 Å². The second kappa shape index (κ2) is 6.50. The van der Waals surface area contributed by atoms with Gasteiger partial charge in [0.1, 0.15) is 5.54 Å². The number of carbonyl (C=O) groups is 2. The van der Waals surface area contributed by atoms with Crippen LogP contribution in [0.3, 0.4) is 0 Å². The molecule has 1 unspecified atom stereocenters. The average molecular weight is 314 g/mol. The molecule has 0 spiro atoms. The van der Waals surface area contributed by atoms with Crippen molar-refractivity contribution in [1.82, 2.24) is 5.32 Å². The first-order valence-corrected chi connectivity index (χ1v) is 7.92. The first-order chi connectivity index (χ1) is 9.53. The Hall–Kier alpha value is -1.20. The Morgan fingerprint density at radius 2 is 2.15 bits per heavy atom. The maximum atomic E-state index is 12.0. The van der Waals surface area contributed by atoms with Gasteiger partial charge in [-0.15, -0.1) is 0 Å². The molecule has 1 aliphatic heterocycles. The van der Waals surface area contributed by atoms with E-state index in [4.69, 9.17) is 11.6 Å². The molecular formula is C14H16ClNO3S. The number of rotatable bonds is 5. The van der Waals surface area contributed by atoms with E-state index in [2.05, 4.69) is 5.32 Å². The van der Waals surface area contributed by atoms with Crippen molar-refractivity contribution in [3.8, 4) is 0 Å². The second-order valence-corrected chi connectivity index (χ2v) is 6.34. The van der Waals surface area contributed by atoms with Crippen molar-refractivity contribution in [1.29, 1.82) is 0 Å². The molecule has 2 rings (SSSR count). The van der Waals surface area contributed by atoms with E-state index in [1.54, 1.807) is 17.8 Å². The molecule has 4 nitrogen and oxygen atoms in total. The Labute approximate surface area is 126 Å². The molecule has 20 heavy (non-hydrogen) atoms. The lowest BCUT2D eigenvalue weighted by atomic mass is 9.98. The van der Waals surface area contributed by atoms with Crippen molar-refractivity contribution in [2.75, 3.05) is 11.5 Å². The molecule has 0 bridgehead atoms. The molecule has 1 amide bonds. The summed E-state index contributed by atoms with van der Waals surface area (Å²) in [6, 6.07) is 7.35. The van der Waals surface area contributed by atoms with Crippen LogP contribution in [0, 0.1) is 0 Å². The largest absolute Gasteiger partial charge is 0.479 e. The summed E-state index contributed by atoms with van der Waals surface area (Å²) in [5, 5.41) is 12.6. The summed E-state index contributed by atoms with van der Waals surface area (Å²) in [6.45, 7) is 0. The number of benzene rings is 1. The van der Waals surface area contributed by atoms with Crippen molar-refractivity contribution in [2.45, 2.75) is 24.8 Å². The standard InChI is InChI=1S/C14H16ClNO3S/c15-11-4-2-1-3-10(11)5-6-12(17)16-14(13(18)19)7-8-20-9-14/h1-4H,5-9H2,(H,16,17)(H,18,19). The Morgan fingerprint density at radius 3 is 2.75 bits per heavy atom. The minimum absolute atomic E-state index is 0.240. The van der Waals surface area contributed by atoms with Crippen LogP contribution in [0.15, 0.2) is 24.3 Å². The summed E-state index contributed by atoms with van der Waals surface area (Å²) >= 11 is 7.58. The van der Waals surface area contributed by atoms with Gasteiger partial charge in [0.05, 0.1) is 0 Å². The number of carbonyl (C=O) groups excluding carboxylic acids is 1. The molecule has 1 aromatic carbocycles. The minimum Gasteiger partial charge on any atom is -0.479 e. The average Bonchev–Trinajstić information content (AvgIpc) is 2.88. The van der Waals surface area contributed by atoms with E-state index in [0.29, 0.717) is 23.6 Å². The zero-order valence-electron chi connectivity index (χ0n) is 10.9. The smallest absolute Gasteiger partial charge is 0.330 e. The fourth-order valence-electron chi connectivity index (χ4n) is 2.16. The predicted molar refractivity (Wildman–Crippen MR) is 80.2 cm³/mol. The lowest BCUT2D eigenvalue weighted by Crippen LogP contribution is -2.54. The third-order valence-corrected chi connectivity index (χ3v) is 4.95. The maximum Gasteiger partial charge on any atom is 0.330 e. The molecule has 0 aromatic heterocycles. The van der Waals surface area contributed by atoms with Gasteiger partial charge in [0.2, 0.25) is 5.91 Å². The van der Waals surface area contributed by atoms with Crippen molar-refractivity contribution < 1.29 is 14.7 Å². The van der Waals surface area contributed by atoms with Gasteiger partial charge in [-0.2, -0.15) is 11.8 Å². The lowest BCUT2D eigenvalue weighted by molar-refractivity contribution is -0.146. The Morgan fingerprint density at radius 1 is 1.40 bits per heavy atom. The highest BCUT2D eigenvalue weighted by Gasteiger charge is 2.43. The highest BCUT2D eigenvalue weighted by Crippen LogP contribution is 2.28. The monoisotopic (exact) mass is 313 g/mol. The quantitative estimate of drug-likeness (QED) is 0.875. The molecule has 1 aliphatic rings. The highest BCUT2D eigenvalue weighted by atomic mass is 35.5. The van der Waals surface area contributed by atoms with Crippen LogP contribution in [0.1, 0.15) is 18.4 Å². The fourth-order valence-corrected chi connectivity index (χ4v) is 3.72. The summed E-state index contributed by atoms with van der Waals surface area (Å²) in [7, 11) is 0. The van der Waals surface area contributed by atoms with Crippen LogP contribution in [0.4, 0.5) is 0 Å². The first-order valence-electron chi connectivity index (χ1n) is 6.39. The number of aryl methyl sites for hydroxylation is 1. The van der Waals surface area contributed by atoms with Gasteiger partial charge < -0.3 is 10.4 Å². The van der Waals surface area contributed by atoms with Crippen LogP contribution in [0.25, 0.3) is 0 Å². The van der Waals surface area contributed by atoms with Crippen LogP contribution in [-0.2, 0) is 16.0 Å². The van der Waals surface area contributed by atoms with Crippen LogP contribution in [0.2, 0.25) is 5.02 Å². The summed E-state index contributed by atoms with van der Waals surface area (Å²) in [5.41, 5.74) is -0.197. The molecule has 1 saturated heterocycles. The van der Waals surface area contributed by atoms with E-state index in [1.165, 1.54) is 0 Å². The second-order valence-electron chi connectivity index (χ2n) is 4.83. The molecule has 0 radical (unpaired) electrons. The van der Waals surface area contributed by atoms with Crippen LogP contribution < -0.4 is 5.32 Å². The van der Waals surface area contributed by atoms with E-state index >= 15 is 0 Å². The topological polar surface area (TPSA) is 66.4 Å².